The van der Waals surface area contributed by atoms with Crippen LogP contribution >= 0.6 is 0 Å². The Morgan fingerprint density at radius 2 is 2.58 bits per heavy atom. The second-order valence-corrected chi connectivity index (χ2v) is 3.11. The molecule has 2 unspecified atom stereocenters. The quantitative estimate of drug-likeness (QED) is 0.606. The van der Waals surface area contributed by atoms with Gasteiger partial charge in [-0.1, -0.05) is 6.08 Å². The normalized spacial score (nSPS) is 32.4. The van der Waals surface area contributed by atoms with Gasteiger partial charge in [-0.25, -0.2) is 0 Å². The van der Waals surface area contributed by atoms with E-state index >= 15 is 0 Å². The summed E-state index contributed by atoms with van der Waals surface area (Å²) in [5.41, 5.74) is 0. The molecule has 2 rings (SSSR count). The van der Waals surface area contributed by atoms with Gasteiger partial charge in [-0.05, 0) is 19.2 Å². The van der Waals surface area contributed by atoms with Crippen molar-refractivity contribution in [1.29, 1.82) is 0 Å². The highest BCUT2D eigenvalue weighted by atomic mass is 16.2. The smallest absolute Gasteiger partial charge is 0.229 e. The lowest BCUT2D eigenvalue weighted by Gasteiger charge is -2.36. The van der Waals surface area contributed by atoms with Crippen molar-refractivity contribution in [2.75, 3.05) is 0 Å². The van der Waals surface area contributed by atoms with Crippen LogP contribution in [0.3, 0.4) is 0 Å². The van der Waals surface area contributed by atoms with Gasteiger partial charge in [0.15, 0.2) is 0 Å². The zero-order valence-electron chi connectivity index (χ0n) is 7.03. The van der Waals surface area contributed by atoms with Crippen molar-refractivity contribution < 1.29 is 4.79 Å². The summed E-state index contributed by atoms with van der Waals surface area (Å²) in [6.45, 7) is 1.97. The summed E-state index contributed by atoms with van der Waals surface area (Å²) in [4.78, 5) is 12.8. The first kappa shape index (κ1) is 7.40. The zero-order chi connectivity index (χ0) is 8.55. The average Bonchev–Trinajstić information content (AvgIpc) is 2.38. The molecule has 2 heterocycles. The summed E-state index contributed by atoms with van der Waals surface area (Å²) in [7, 11) is 0. The monoisotopic (exact) mass is 164 g/mol. The molecule has 3 heteroatoms. The van der Waals surface area contributed by atoms with Crippen LogP contribution in [0.15, 0.2) is 24.6 Å². The van der Waals surface area contributed by atoms with E-state index in [0.29, 0.717) is 18.5 Å². The Labute approximate surface area is 71.7 Å². The summed E-state index contributed by atoms with van der Waals surface area (Å²) < 4.78 is 0. The van der Waals surface area contributed by atoms with Crippen molar-refractivity contribution in [3.05, 3.63) is 24.6 Å². The number of hydrogen-bond donors (Lipinski definition) is 1. The molecule has 1 fully saturated rings. The summed E-state index contributed by atoms with van der Waals surface area (Å²) in [6, 6.07) is 0.688. The fourth-order valence-corrected chi connectivity index (χ4v) is 1.64. The third-order valence-electron chi connectivity index (χ3n) is 2.35. The number of fused-ring (bicyclic) bond motifs is 1. The second-order valence-electron chi connectivity index (χ2n) is 3.11. The highest BCUT2D eigenvalue weighted by Gasteiger charge is 2.42. The Balaban J connectivity index is 1.96. The molecule has 2 atom stereocenters. The average molecular weight is 164 g/mol. The van der Waals surface area contributed by atoms with Gasteiger partial charge in [-0.2, -0.15) is 0 Å². The molecule has 2 aliphatic heterocycles. The molecule has 0 radical (unpaired) electrons. The van der Waals surface area contributed by atoms with Crippen LogP contribution in [-0.2, 0) is 4.79 Å². The highest BCUT2D eigenvalue weighted by molar-refractivity contribution is 5.85. The van der Waals surface area contributed by atoms with Gasteiger partial charge in [-0.15, -0.1) is 0 Å². The third-order valence-corrected chi connectivity index (χ3v) is 2.35. The second kappa shape index (κ2) is 2.66. The summed E-state index contributed by atoms with van der Waals surface area (Å²) in [5.74, 6) is 0.237. The van der Waals surface area contributed by atoms with E-state index in [9.17, 15) is 4.79 Å². The van der Waals surface area contributed by atoms with Gasteiger partial charge in [0, 0.05) is 6.20 Å². The van der Waals surface area contributed by atoms with E-state index in [0.717, 1.165) is 0 Å². The minimum Gasteiger partial charge on any atom is -0.383 e. The minimum atomic E-state index is 0.237. The van der Waals surface area contributed by atoms with Crippen molar-refractivity contribution in [3.63, 3.8) is 0 Å². The Bertz CT molecular complexity index is 257. The van der Waals surface area contributed by atoms with Gasteiger partial charge >= 0.3 is 0 Å². The first-order chi connectivity index (χ1) is 5.83. The Morgan fingerprint density at radius 3 is 3.17 bits per heavy atom. The number of amides is 1. The molecule has 0 spiro atoms. The van der Waals surface area contributed by atoms with E-state index in [2.05, 4.69) is 5.32 Å². The van der Waals surface area contributed by atoms with Crippen molar-refractivity contribution in [3.8, 4) is 0 Å². The van der Waals surface area contributed by atoms with Gasteiger partial charge in [0.2, 0.25) is 5.91 Å². The Kier molecular flexibility index (Phi) is 1.64. The van der Waals surface area contributed by atoms with E-state index in [1.54, 1.807) is 4.90 Å². The van der Waals surface area contributed by atoms with Gasteiger partial charge < -0.3 is 10.2 Å². The lowest BCUT2D eigenvalue weighted by molar-refractivity contribution is -0.140. The molecule has 0 aromatic rings. The van der Waals surface area contributed by atoms with Crippen LogP contribution in [0.2, 0.25) is 0 Å². The number of carbonyl (C=O) groups excluding carboxylic acids is 1. The zero-order valence-corrected chi connectivity index (χ0v) is 7.03. The van der Waals surface area contributed by atoms with E-state index in [4.69, 9.17) is 0 Å². The molecule has 12 heavy (non-hydrogen) atoms. The molecule has 1 saturated heterocycles. The van der Waals surface area contributed by atoms with Gasteiger partial charge in [0.05, 0.1) is 18.5 Å². The molecule has 64 valence electrons. The number of β-lactam (4-membered cyclic amide) rings is 1. The van der Waals surface area contributed by atoms with Gasteiger partial charge in [-0.3, -0.25) is 4.79 Å². The number of allylic oxidation sites excluding steroid dienone is 1. The summed E-state index contributed by atoms with van der Waals surface area (Å²) in [5, 5.41) is 3.22. The van der Waals surface area contributed by atoms with E-state index in [1.165, 1.54) is 0 Å². The molecule has 0 aromatic carbocycles. The summed E-state index contributed by atoms with van der Waals surface area (Å²) >= 11 is 0. The highest BCUT2D eigenvalue weighted by Crippen LogP contribution is 2.28. The van der Waals surface area contributed by atoms with Crippen molar-refractivity contribution >= 4 is 5.91 Å². The van der Waals surface area contributed by atoms with Crippen LogP contribution in [0, 0.1) is 0 Å². The van der Waals surface area contributed by atoms with E-state index < -0.39 is 0 Å². The van der Waals surface area contributed by atoms with Crippen LogP contribution < -0.4 is 5.32 Å². The molecule has 0 saturated carbocycles. The summed E-state index contributed by atoms with van der Waals surface area (Å²) in [6.07, 6.45) is 8.47. The van der Waals surface area contributed by atoms with Gasteiger partial charge in [0.1, 0.15) is 0 Å². The van der Waals surface area contributed by atoms with Crippen molar-refractivity contribution in [2.24, 2.45) is 0 Å². The van der Waals surface area contributed by atoms with Crippen LogP contribution in [0.25, 0.3) is 0 Å². The SMILES string of the molecule is CC=CNC1C=CN2C(=O)CC12. The topological polar surface area (TPSA) is 32.3 Å². The molecule has 2 aliphatic rings. The third kappa shape index (κ3) is 0.932. The maximum absolute atomic E-state index is 11.0. The first-order valence-corrected chi connectivity index (χ1v) is 4.19. The molecule has 0 aliphatic carbocycles. The molecule has 1 amide bonds. The standard InChI is InChI=1S/C9H12N2O/c1-2-4-10-7-3-5-11-8(7)6-9(11)12/h2-5,7-8,10H,6H2,1H3. The molecule has 3 nitrogen and oxygen atoms in total. The largest absolute Gasteiger partial charge is 0.383 e. The molecule has 0 aromatic heterocycles. The molecular formula is C9H12N2O. The number of rotatable bonds is 2. The van der Waals surface area contributed by atoms with Crippen LogP contribution in [0.5, 0.6) is 0 Å². The van der Waals surface area contributed by atoms with Gasteiger partial charge in [0.25, 0.3) is 0 Å². The lowest BCUT2D eigenvalue weighted by Crippen LogP contribution is -2.54. The lowest BCUT2D eigenvalue weighted by atomic mass is 9.99. The van der Waals surface area contributed by atoms with E-state index in [1.807, 2.05) is 31.5 Å². The van der Waals surface area contributed by atoms with Crippen molar-refractivity contribution in [2.45, 2.75) is 25.4 Å². The van der Waals surface area contributed by atoms with Crippen molar-refractivity contribution in [1.82, 2.24) is 10.2 Å². The van der Waals surface area contributed by atoms with E-state index in [-0.39, 0.29) is 5.91 Å². The fraction of sp³-hybridized carbons (Fsp3) is 0.444. The predicted molar refractivity (Wildman–Crippen MR) is 46.1 cm³/mol. The number of nitrogens with one attached hydrogen (secondary N) is 1. The Morgan fingerprint density at radius 1 is 1.75 bits per heavy atom. The number of carbonyl (C=O) groups is 1. The predicted octanol–water partition coefficient (Wildman–Crippen LogP) is 0.606. The number of nitrogens with zero attached hydrogens (tertiary/aromatic N) is 1. The van der Waals surface area contributed by atoms with Crippen LogP contribution in [-0.4, -0.2) is 22.9 Å². The van der Waals surface area contributed by atoms with Crippen LogP contribution in [0.4, 0.5) is 0 Å². The maximum Gasteiger partial charge on any atom is 0.229 e. The first-order valence-electron chi connectivity index (χ1n) is 4.19. The van der Waals surface area contributed by atoms with Crippen LogP contribution in [0.1, 0.15) is 13.3 Å². The molecule has 0 bridgehead atoms. The fourth-order valence-electron chi connectivity index (χ4n) is 1.64. The maximum atomic E-state index is 11.0. The molecular weight excluding hydrogens is 152 g/mol. The minimum absolute atomic E-state index is 0.237. The molecule has 1 N–H and O–H groups in total. The number of hydrogen-bond acceptors (Lipinski definition) is 2. The Hall–Kier alpha value is -1.25.